The molecule has 4 atom stereocenters. The Morgan fingerprint density at radius 1 is 0.659 bits per heavy atom. The normalized spacial score (nSPS) is 22.4. The molecule has 19 nitrogen and oxygen atoms in total. The van der Waals surface area contributed by atoms with Crippen molar-refractivity contribution in [2.45, 2.75) is 104 Å². The summed E-state index contributed by atoms with van der Waals surface area (Å²) in [5.41, 5.74) is 11.2. The minimum absolute atomic E-state index is 0. The molecule has 6 aromatic rings. The van der Waals surface area contributed by atoms with Crippen LogP contribution in [0.1, 0.15) is 71.5 Å². The molecule has 2 unspecified atom stereocenters. The Kier molecular flexibility index (Phi) is 20.3. The number of ether oxygens (including phenoxy) is 3. The maximum atomic E-state index is 14.7. The van der Waals surface area contributed by atoms with Gasteiger partial charge >= 0.3 is 12.0 Å². The van der Waals surface area contributed by atoms with Gasteiger partial charge in [-0.05, 0) is 115 Å². The lowest BCUT2D eigenvalue weighted by Crippen LogP contribution is -2.49. The number of alkyl halides is 2. The number of likely N-dealkylation sites (tertiary alicyclic amines) is 2. The number of piperazine rings is 2. The molecule has 6 aliphatic rings. The Morgan fingerprint density at radius 2 is 1.09 bits per heavy atom. The molecule has 6 aliphatic heterocycles. The van der Waals surface area contributed by atoms with E-state index in [2.05, 4.69) is 88.1 Å². The van der Waals surface area contributed by atoms with Crippen molar-refractivity contribution in [2.24, 2.45) is 0 Å². The number of hydrogen-bond acceptors (Lipinski definition) is 15. The first-order chi connectivity index (χ1) is 41.1. The summed E-state index contributed by atoms with van der Waals surface area (Å²) in [7, 11) is 5.46. The zero-order valence-corrected chi connectivity index (χ0v) is 54.4. The second kappa shape index (κ2) is 27.2. The van der Waals surface area contributed by atoms with Gasteiger partial charge < -0.3 is 53.6 Å². The number of benzene rings is 2. The molecule has 0 saturated carbocycles. The van der Waals surface area contributed by atoms with Crippen LogP contribution < -0.4 is 29.1 Å². The van der Waals surface area contributed by atoms with Crippen molar-refractivity contribution in [3.63, 3.8) is 0 Å². The lowest BCUT2D eigenvalue weighted by molar-refractivity contribution is -0.129. The molecule has 2 aromatic carbocycles. The molecule has 4 aromatic heterocycles. The smallest absolute Gasteiger partial charge is 0.318 e. The highest BCUT2D eigenvalue weighted by Gasteiger charge is 2.41. The number of H-pyrrole nitrogens is 2. The number of nitrogens with one attached hydrogen (secondary N) is 2. The number of anilines is 4. The maximum Gasteiger partial charge on any atom is 0.318 e. The van der Waals surface area contributed by atoms with E-state index in [1.165, 1.54) is 49.3 Å². The second-order valence-corrected chi connectivity index (χ2v) is 24.9. The first-order valence-electron chi connectivity index (χ1n) is 30.2. The van der Waals surface area contributed by atoms with E-state index in [1.807, 2.05) is 41.2 Å². The van der Waals surface area contributed by atoms with Crippen molar-refractivity contribution < 1.29 is 37.0 Å². The number of hydrogen-bond donors (Lipinski definition) is 2. The standard InChI is InChI=1S/C33H44FN7O3.C31H39F2N7O2.2H2S/c1-22-17-27-25(8-10-35-27)30(23(22)2)41-11-9-26-28(19-41)36-32(44-20-24-18-33(3,34)21-38(24)4)37-31(26)40-14-12-39(13-15-40)29(42)7-6-16-43-5;1-19-14-25-23(6-8-34-25)27(20(19)2)40-9-7-24-26(16-40)35-30(42-17-22-15-31(4,33)18-37(22)5)36-28(24)38-10-12-39(13-11-38)29(41)21(3)32;;/h6-8,10,17,24,35H,9,11-16,18-21H2,1-5H3;6,8,14,22,34H,3,7,9-13,15-18H2,1-2,4-5H3;2*1H2/b7-6+;;;/t24-,33?;22-,31?;;/m00../s1. The fourth-order valence-electron chi connectivity index (χ4n) is 13.7. The molecule has 2 amide bonds. The van der Waals surface area contributed by atoms with Gasteiger partial charge in [-0.1, -0.05) is 12.7 Å². The van der Waals surface area contributed by atoms with Crippen molar-refractivity contribution >= 4 is 83.6 Å². The summed E-state index contributed by atoms with van der Waals surface area (Å²) in [5, 5.41) is 2.39. The molecule has 12 rings (SSSR count). The number of carbonyl (C=O) groups is 2. The van der Waals surface area contributed by atoms with E-state index in [1.54, 1.807) is 33.1 Å². The summed E-state index contributed by atoms with van der Waals surface area (Å²) in [6.45, 7) is 24.1. The quantitative estimate of drug-likeness (QED) is 0.100. The number of fused-ring (bicyclic) bond motifs is 4. The van der Waals surface area contributed by atoms with E-state index in [-0.39, 0.29) is 51.0 Å². The average Bonchev–Trinajstić information content (AvgIpc) is 2.24. The molecule has 476 valence electrons. The number of halogens is 3. The summed E-state index contributed by atoms with van der Waals surface area (Å²) in [4.78, 5) is 67.8. The molecule has 2 N–H and O–H groups in total. The van der Waals surface area contributed by atoms with Crippen LogP contribution in [0.3, 0.4) is 0 Å². The third-order valence-corrected chi connectivity index (χ3v) is 18.4. The third-order valence-electron chi connectivity index (χ3n) is 18.4. The first-order valence-corrected chi connectivity index (χ1v) is 30.2. The number of carbonyl (C=O) groups excluding carboxylic acids is 2. The maximum absolute atomic E-state index is 14.7. The van der Waals surface area contributed by atoms with Gasteiger partial charge in [-0.15, -0.1) is 0 Å². The number of amides is 2. The number of aromatic nitrogens is 6. The fraction of sp³-hybridized carbons (Fsp3) is 0.531. The van der Waals surface area contributed by atoms with Crippen molar-refractivity contribution in [1.82, 2.24) is 49.5 Å². The van der Waals surface area contributed by atoms with Crippen LogP contribution in [0.5, 0.6) is 12.0 Å². The number of rotatable bonds is 14. The van der Waals surface area contributed by atoms with Gasteiger partial charge in [0.2, 0.25) is 5.91 Å². The number of likely N-dealkylation sites (N-methyl/N-ethyl adjacent to an activating group) is 2. The van der Waals surface area contributed by atoms with Crippen LogP contribution in [0.2, 0.25) is 0 Å². The molecule has 88 heavy (non-hydrogen) atoms. The second-order valence-electron chi connectivity index (χ2n) is 24.9. The van der Waals surface area contributed by atoms with Crippen molar-refractivity contribution in [3.8, 4) is 12.0 Å². The van der Waals surface area contributed by atoms with Crippen LogP contribution in [0.25, 0.3) is 21.8 Å². The fourth-order valence-corrected chi connectivity index (χ4v) is 13.7. The summed E-state index contributed by atoms with van der Waals surface area (Å²) in [6.07, 6.45) is 9.66. The Hall–Kier alpha value is -6.73. The lowest BCUT2D eigenvalue weighted by atomic mass is 9.99. The number of aromatic amines is 2. The lowest BCUT2D eigenvalue weighted by Gasteiger charge is -2.38. The van der Waals surface area contributed by atoms with Gasteiger partial charge in [0.25, 0.3) is 5.91 Å². The highest BCUT2D eigenvalue weighted by atomic mass is 32.1. The molecule has 0 aliphatic carbocycles. The zero-order chi connectivity index (χ0) is 60.8. The van der Waals surface area contributed by atoms with Crippen LogP contribution in [0.4, 0.5) is 36.2 Å². The predicted molar refractivity (Wildman–Crippen MR) is 351 cm³/mol. The van der Waals surface area contributed by atoms with E-state index in [9.17, 15) is 22.8 Å². The Balaban J connectivity index is 0.000000205. The monoisotopic (exact) mass is 1250 g/mol. The topological polar surface area (TPSA) is 171 Å². The minimum atomic E-state index is -1.25. The van der Waals surface area contributed by atoms with Crippen molar-refractivity contribution in [2.75, 3.05) is 139 Å². The van der Waals surface area contributed by atoms with Crippen molar-refractivity contribution in [1.29, 1.82) is 0 Å². The van der Waals surface area contributed by atoms with Gasteiger partial charge in [0.1, 0.15) is 36.2 Å². The molecule has 4 saturated heterocycles. The predicted octanol–water partition coefficient (Wildman–Crippen LogP) is 8.11. The molecule has 24 heteroatoms. The van der Waals surface area contributed by atoms with Crippen LogP contribution in [0, 0.1) is 27.7 Å². The van der Waals surface area contributed by atoms with Gasteiger partial charge in [-0.2, -0.15) is 46.9 Å². The number of nitrogens with zero attached hydrogens (tertiary/aromatic N) is 12. The van der Waals surface area contributed by atoms with Gasteiger partial charge in [-0.25, -0.2) is 13.2 Å². The Morgan fingerprint density at radius 3 is 1.49 bits per heavy atom. The molecular formula is C64H87F3N14O5S2. The largest absolute Gasteiger partial charge is 0.462 e. The van der Waals surface area contributed by atoms with E-state index >= 15 is 0 Å². The SMILES string of the molecule is C=C(F)C(=O)N1CCN(c2nc(OC[C@@H]3CC(C)(F)CN3C)nc3c2CCN(c2c(C)c(C)cc4[nH]ccc24)C3)CC1.COC/C=C/C(=O)N1CCN(c2nc(OC[C@@H]3CC(C)(F)CN3C)nc3c2CCN(c2c(C)c(C)cc4[nH]ccc24)C3)CC1.S.S. The molecular weight excluding hydrogens is 1170 g/mol. The van der Waals surface area contributed by atoms with E-state index in [0.717, 1.165) is 71.1 Å². The summed E-state index contributed by atoms with van der Waals surface area (Å²) < 4.78 is 60.3. The summed E-state index contributed by atoms with van der Waals surface area (Å²) in [5.74, 6) is 0.0708. The average molecular weight is 1250 g/mol. The van der Waals surface area contributed by atoms with Gasteiger partial charge in [0.05, 0.1) is 31.1 Å². The summed E-state index contributed by atoms with van der Waals surface area (Å²) >= 11 is 0. The first kappa shape index (κ1) is 65.7. The van der Waals surface area contributed by atoms with E-state index in [4.69, 9.17) is 34.1 Å². The molecule has 4 fully saturated rings. The van der Waals surface area contributed by atoms with Gasteiger partial charge in [-0.3, -0.25) is 19.4 Å². The Bertz CT molecular complexity index is 3550. The van der Waals surface area contributed by atoms with Gasteiger partial charge in [0.15, 0.2) is 5.83 Å². The van der Waals surface area contributed by atoms with Gasteiger partial charge in [0, 0.05) is 173 Å². The molecule has 0 bridgehead atoms. The molecule has 10 heterocycles. The van der Waals surface area contributed by atoms with Crippen LogP contribution in [0.15, 0.2) is 61.2 Å². The molecule has 0 radical (unpaired) electrons. The number of aryl methyl sites for hydroxylation is 2. The van der Waals surface area contributed by atoms with E-state index < -0.39 is 23.1 Å². The van der Waals surface area contributed by atoms with Crippen LogP contribution in [-0.4, -0.2) is 204 Å². The molecule has 0 spiro atoms. The van der Waals surface area contributed by atoms with Crippen LogP contribution in [-0.2, 0) is 40.3 Å². The zero-order valence-electron chi connectivity index (χ0n) is 52.4. The number of methoxy groups -OCH3 is 1. The third kappa shape index (κ3) is 14.0. The highest BCUT2D eigenvalue weighted by Crippen LogP contribution is 2.40. The Labute approximate surface area is 528 Å². The summed E-state index contributed by atoms with van der Waals surface area (Å²) in [6, 6.07) is 9.15. The van der Waals surface area contributed by atoms with Crippen LogP contribution >= 0.6 is 27.0 Å². The highest BCUT2D eigenvalue weighted by molar-refractivity contribution is 7.59. The van der Waals surface area contributed by atoms with Crippen molar-refractivity contribution in [3.05, 3.63) is 106 Å². The van der Waals surface area contributed by atoms with E-state index in [0.29, 0.717) is 117 Å². The minimum Gasteiger partial charge on any atom is -0.462 e.